The van der Waals surface area contributed by atoms with Crippen molar-refractivity contribution >= 4 is 28.8 Å². The number of carbonyl (C=O) groups excluding carboxylic acids is 3. The molecule has 0 saturated heterocycles. The molecule has 2 aromatic rings. The van der Waals surface area contributed by atoms with Crippen LogP contribution in [0.25, 0.3) is 11.0 Å². The Hall–Kier alpha value is -3.36. The number of hydrogen-bond acceptors (Lipinski definition) is 8. The summed E-state index contributed by atoms with van der Waals surface area (Å²) >= 11 is 0. The molecular weight excluding hydrogens is 346 g/mol. The van der Waals surface area contributed by atoms with Crippen molar-refractivity contribution in [2.24, 2.45) is 0 Å². The fraction of sp³-hybridized carbons (Fsp3) is 0.294. The van der Waals surface area contributed by atoms with E-state index in [0.717, 1.165) is 10.9 Å². The molecule has 138 valence electrons. The summed E-state index contributed by atoms with van der Waals surface area (Å²) < 4.78 is 10.3. The van der Waals surface area contributed by atoms with Crippen molar-refractivity contribution in [1.82, 2.24) is 5.32 Å². The molecule has 9 nitrogen and oxygen atoms in total. The molecule has 26 heavy (non-hydrogen) atoms. The zero-order valence-corrected chi connectivity index (χ0v) is 13.8. The number of aryl methyl sites for hydroxylation is 1. The number of carbonyl (C=O) groups is 3. The number of nitrogens with one attached hydrogen (secondary N) is 1. The van der Waals surface area contributed by atoms with Gasteiger partial charge in [0.25, 0.3) is 5.91 Å². The number of rotatable bonds is 8. The Morgan fingerprint density at radius 2 is 1.96 bits per heavy atom. The third-order valence-corrected chi connectivity index (χ3v) is 3.54. The summed E-state index contributed by atoms with van der Waals surface area (Å²) in [5.74, 6) is -4.03. The topological polar surface area (TPSA) is 149 Å². The van der Waals surface area contributed by atoms with Gasteiger partial charge in [0.2, 0.25) is 0 Å². The van der Waals surface area contributed by atoms with Gasteiger partial charge >= 0.3 is 5.63 Å². The molecule has 1 aromatic carbocycles. The normalized spacial score (nSPS) is 11.7. The molecule has 1 amide bonds. The molecule has 9 heteroatoms. The molecule has 1 atom stereocenters. The molecule has 0 aliphatic carbocycles. The van der Waals surface area contributed by atoms with Crippen molar-refractivity contribution in [2.75, 3.05) is 6.61 Å². The monoisotopic (exact) mass is 361 g/mol. The van der Waals surface area contributed by atoms with E-state index < -0.39 is 42.5 Å². The van der Waals surface area contributed by atoms with Crippen LogP contribution in [0.3, 0.4) is 0 Å². The van der Waals surface area contributed by atoms with Gasteiger partial charge in [-0.2, -0.15) is 0 Å². The van der Waals surface area contributed by atoms with Crippen LogP contribution in [0.15, 0.2) is 33.5 Å². The van der Waals surface area contributed by atoms with Gasteiger partial charge in [-0.3, -0.25) is 4.79 Å². The summed E-state index contributed by atoms with van der Waals surface area (Å²) in [6, 6.07) is 4.34. The molecule has 0 aliphatic rings. The third-order valence-electron chi connectivity index (χ3n) is 3.54. The number of carboxylic acids is 2. The second-order valence-electron chi connectivity index (χ2n) is 5.41. The molecular formula is C17H15NO8-2. The number of ether oxygens (including phenoxy) is 1. The fourth-order valence-corrected chi connectivity index (χ4v) is 2.34. The highest BCUT2D eigenvalue weighted by Gasteiger charge is 2.14. The summed E-state index contributed by atoms with van der Waals surface area (Å²) in [7, 11) is 0. The van der Waals surface area contributed by atoms with Crippen molar-refractivity contribution in [3.8, 4) is 5.75 Å². The lowest BCUT2D eigenvalue weighted by atomic mass is 10.1. The Kier molecular flexibility index (Phi) is 5.94. The van der Waals surface area contributed by atoms with Crippen molar-refractivity contribution in [3.05, 3.63) is 40.2 Å². The highest BCUT2D eigenvalue weighted by molar-refractivity contribution is 5.86. The van der Waals surface area contributed by atoms with Gasteiger partial charge in [0.1, 0.15) is 11.3 Å². The second-order valence-corrected chi connectivity index (χ2v) is 5.41. The van der Waals surface area contributed by atoms with E-state index in [1.54, 1.807) is 12.1 Å². The molecule has 0 radical (unpaired) electrons. The second kappa shape index (κ2) is 8.15. The van der Waals surface area contributed by atoms with Crippen LogP contribution in [0.2, 0.25) is 0 Å². The van der Waals surface area contributed by atoms with Crippen LogP contribution in [-0.2, 0) is 20.8 Å². The third kappa shape index (κ3) is 4.82. The lowest BCUT2D eigenvalue weighted by Crippen LogP contribution is -2.51. The first-order valence-corrected chi connectivity index (χ1v) is 7.69. The minimum atomic E-state index is -1.75. The average molecular weight is 361 g/mol. The Bertz CT molecular complexity index is 901. The van der Waals surface area contributed by atoms with Gasteiger partial charge in [-0.25, -0.2) is 4.79 Å². The number of amides is 1. The van der Waals surface area contributed by atoms with Crippen molar-refractivity contribution in [2.45, 2.75) is 25.8 Å². The smallest absolute Gasteiger partial charge is 0.336 e. The van der Waals surface area contributed by atoms with Gasteiger partial charge in [0.05, 0.1) is 12.0 Å². The number of fused-ring (bicyclic) bond motifs is 1. The standard InChI is InChI=1S/C17H17NO8/c1-2-9-5-16(22)26-13-6-10(3-4-11(9)13)25-8-14(19)18-12(17(23)24)7-15(20)21/h3-6,12H,2,7-8H2,1H3,(H,18,19)(H,20,21)(H,23,24)/p-2/t12-/m0/s1. The zero-order chi connectivity index (χ0) is 19.3. The highest BCUT2D eigenvalue weighted by atomic mass is 16.5. The maximum Gasteiger partial charge on any atom is 0.336 e. The van der Waals surface area contributed by atoms with E-state index in [-0.39, 0.29) is 11.3 Å². The maximum atomic E-state index is 11.7. The molecule has 0 fully saturated rings. The predicted octanol–water partition coefficient (Wildman–Crippen LogP) is -1.89. The number of benzene rings is 1. The molecule has 0 unspecified atom stereocenters. The summed E-state index contributed by atoms with van der Waals surface area (Å²) in [5.41, 5.74) is 0.583. The van der Waals surface area contributed by atoms with Crippen LogP contribution in [0.1, 0.15) is 18.9 Å². The molecule has 0 saturated carbocycles. The molecule has 1 aromatic heterocycles. The van der Waals surface area contributed by atoms with Crippen LogP contribution in [-0.4, -0.2) is 30.5 Å². The SMILES string of the molecule is CCc1cc(=O)oc2cc(OCC(=O)N[C@@H](CC(=O)[O-])C(=O)[O-])ccc12. The van der Waals surface area contributed by atoms with Crippen LogP contribution in [0.4, 0.5) is 0 Å². The van der Waals surface area contributed by atoms with E-state index in [0.29, 0.717) is 6.42 Å². The summed E-state index contributed by atoms with van der Waals surface area (Å²) in [6.07, 6.45) is -0.289. The number of hydrogen-bond donors (Lipinski definition) is 1. The zero-order valence-electron chi connectivity index (χ0n) is 13.8. The van der Waals surface area contributed by atoms with Gasteiger partial charge in [0, 0.05) is 29.9 Å². The molecule has 0 spiro atoms. The lowest BCUT2D eigenvalue weighted by molar-refractivity contribution is -0.317. The van der Waals surface area contributed by atoms with Crippen molar-refractivity contribution in [3.63, 3.8) is 0 Å². The van der Waals surface area contributed by atoms with Gasteiger partial charge in [0.15, 0.2) is 6.61 Å². The Morgan fingerprint density at radius 1 is 1.23 bits per heavy atom. The van der Waals surface area contributed by atoms with Crippen LogP contribution >= 0.6 is 0 Å². The van der Waals surface area contributed by atoms with Crippen LogP contribution in [0.5, 0.6) is 5.75 Å². The van der Waals surface area contributed by atoms with Gasteiger partial charge in [-0.1, -0.05) is 6.92 Å². The van der Waals surface area contributed by atoms with E-state index in [1.165, 1.54) is 12.1 Å². The van der Waals surface area contributed by atoms with E-state index in [1.807, 2.05) is 12.2 Å². The van der Waals surface area contributed by atoms with Crippen molar-refractivity contribution < 1.29 is 33.8 Å². The molecule has 0 bridgehead atoms. The van der Waals surface area contributed by atoms with Crippen LogP contribution < -0.4 is 25.9 Å². The lowest BCUT2D eigenvalue weighted by Gasteiger charge is -2.20. The first-order valence-electron chi connectivity index (χ1n) is 7.69. The largest absolute Gasteiger partial charge is 0.550 e. The van der Waals surface area contributed by atoms with Crippen LogP contribution in [0, 0.1) is 0 Å². The minimum Gasteiger partial charge on any atom is -0.550 e. The van der Waals surface area contributed by atoms with Gasteiger partial charge in [-0.05, 0) is 24.1 Å². The van der Waals surface area contributed by atoms with E-state index in [4.69, 9.17) is 9.15 Å². The van der Waals surface area contributed by atoms with E-state index in [9.17, 15) is 29.4 Å². The molecule has 0 aliphatic heterocycles. The van der Waals surface area contributed by atoms with E-state index in [2.05, 4.69) is 0 Å². The Labute approximate surface area is 147 Å². The Morgan fingerprint density at radius 3 is 2.58 bits per heavy atom. The Balaban J connectivity index is 2.07. The minimum absolute atomic E-state index is 0.217. The summed E-state index contributed by atoms with van der Waals surface area (Å²) in [4.78, 5) is 44.5. The summed E-state index contributed by atoms with van der Waals surface area (Å²) in [5, 5.41) is 23.9. The first kappa shape index (κ1) is 19.0. The fourth-order valence-electron chi connectivity index (χ4n) is 2.34. The highest BCUT2D eigenvalue weighted by Crippen LogP contribution is 2.22. The van der Waals surface area contributed by atoms with Gasteiger partial charge < -0.3 is 34.3 Å². The van der Waals surface area contributed by atoms with Crippen molar-refractivity contribution in [1.29, 1.82) is 0 Å². The number of aliphatic carboxylic acids is 2. The predicted molar refractivity (Wildman–Crippen MR) is 83.9 cm³/mol. The quantitative estimate of drug-likeness (QED) is 0.536. The molecule has 2 rings (SSSR count). The van der Waals surface area contributed by atoms with E-state index >= 15 is 0 Å². The average Bonchev–Trinajstić information content (AvgIpc) is 2.57. The van der Waals surface area contributed by atoms with Gasteiger partial charge in [-0.15, -0.1) is 0 Å². The molecule has 1 N–H and O–H groups in total. The first-order chi connectivity index (χ1) is 12.3. The summed E-state index contributed by atoms with van der Waals surface area (Å²) in [6.45, 7) is 1.32. The molecule has 1 heterocycles. The maximum absolute atomic E-state index is 11.7. The number of carboxylic acid groups (broad SMARTS) is 2.